The summed E-state index contributed by atoms with van der Waals surface area (Å²) in [4.78, 5) is 0. The van der Waals surface area contributed by atoms with Crippen LogP contribution in [0.3, 0.4) is 0 Å². The zero-order valence-corrected chi connectivity index (χ0v) is 10.9. The van der Waals surface area contributed by atoms with Gasteiger partial charge in [0, 0.05) is 0 Å². The van der Waals surface area contributed by atoms with Crippen LogP contribution in [-0.2, 0) is 4.43 Å². The molecule has 68 valence electrons. The molecule has 0 rings (SSSR count). The summed E-state index contributed by atoms with van der Waals surface area (Å²) in [5, 5.41) is 0. The Kier molecular flexibility index (Phi) is 4.67. The summed E-state index contributed by atoms with van der Waals surface area (Å²) in [6.07, 6.45) is 0. The second-order valence-electron chi connectivity index (χ2n) is 3.60. The molecule has 0 atom stereocenters. The van der Waals surface area contributed by atoms with Crippen LogP contribution < -0.4 is 0 Å². The Morgan fingerprint density at radius 1 is 1.27 bits per heavy atom. The molecule has 0 aromatic carbocycles. The molecule has 0 amide bonds. The van der Waals surface area contributed by atoms with Crippen LogP contribution in [0, 0.1) is 11.8 Å². The van der Waals surface area contributed by atoms with Gasteiger partial charge in [0.25, 0.3) is 0 Å². The van der Waals surface area contributed by atoms with Gasteiger partial charge in [-0.3, -0.25) is 0 Å². The Hall–Kier alpha value is 0.467. The van der Waals surface area contributed by atoms with Gasteiger partial charge in [-0.25, -0.2) is 0 Å². The lowest BCUT2D eigenvalue weighted by molar-refractivity contribution is 0.00771. The Morgan fingerprint density at radius 2 is 1.64 bits per heavy atom. The Labute approximate surface area is 78.0 Å². The van der Waals surface area contributed by atoms with Crippen LogP contribution in [-0.4, -0.2) is 22.0 Å². The van der Waals surface area contributed by atoms with E-state index in [-0.39, 0.29) is 5.60 Å². The van der Waals surface area contributed by atoms with Crippen molar-refractivity contribution in [2.45, 2.75) is 33.3 Å². The zero-order chi connectivity index (χ0) is 9.07. The molecule has 0 aliphatic heterocycles. The van der Waals surface area contributed by atoms with Crippen molar-refractivity contribution in [3.63, 3.8) is 0 Å². The topological polar surface area (TPSA) is 9.23 Å². The van der Waals surface area contributed by atoms with Crippen LogP contribution in [0.4, 0.5) is 0 Å². The average Bonchev–Trinajstić information content (AvgIpc) is 1.90. The van der Waals surface area contributed by atoms with Crippen LogP contribution >= 0.6 is 11.6 Å². The highest BCUT2D eigenvalue weighted by Gasteiger charge is 2.35. The molecule has 11 heavy (non-hydrogen) atoms. The third-order valence-corrected chi connectivity index (χ3v) is 3.72. The van der Waals surface area contributed by atoms with Crippen LogP contribution in [0.25, 0.3) is 0 Å². The van der Waals surface area contributed by atoms with Crippen molar-refractivity contribution in [2.75, 3.05) is 5.88 Å². The SMILES string of the molecule is CC(C)C(CCl)(O[SiH3])C(C)C. The molecule has 0 spiro atoms. The predicted octanol–water partition coefficient (Wildman–Crippen LogP) is 1.57. The Bertz CT molecular complexity index is 101. The van der Waals surface area contributed by atoms with Crippen molar-refractivity contribution in [2.24, 2.45) is 11.8 Å². The highest BCUT2D eigenvalue weighted by Crippen LogP contribution is 2.30. The van der Waals surface area contributed by atoms with E-state index in [2.05, 4.69) is 27.7 Å². The first-order chi connectivity index (χ1) is 5.01. The van der Waals surface area contributed by atoms with E-state index in [4.69, 9.17) is 16.0 Å². The summed E-state index contributed by atoms with van der Waals surface area (Å²) in [6.45, 7) is 8.67. The van der Waals surface area contributed by atoms with Gasteiger partial charge in [-0.1, -0.05) is 27.7 Å². The van der Waals surface area contributed by atoms with E-state index in [1.54, 1.807) is 0 Å². The van der Waals surface area contributed by atoms with Gasteiger partial charge in [0.15, 0.2) is 0 Å². The van der Waals surface area contributed by atoms with E-state index in [1.165, 1.54) is 0 Å². The van der Waals surface area contributed by atoms with E-state index in [9.17, 15) is 0 Å². The maximum Gasteiger partial charge on any atom is 0.146 e. The molecule has 0 aromatic heterocycles. The van der Waals surface area contributed by atoms with Gasteiger partial charge in [-0.2, -0.15) is 0 Å². The van der Waals surface area contributed by atoms with E-state index < -0.39 is 0 Å². The maximum atomic E-state index is 5.91. The summed E-state index contributed by atoms with van der Waals surface area (Å²) in [5.74, 6) is 1.60. The lowest BCUT2D eigenvalue weighted by Gasteiger charge is -2.39. The number of hydrogen-bond acceptors (Lipinski definition) is 1. The largest absolute Gasteiger partial charge is 0.421 e. The normalized spacial score (nSPS) is 13.4. The monoisotopic (exact) mass is 194 g/mol. The molecule has 0 fully saturated rings. The van der Waals surface area contributed by atoms with E-state index in [0.717, 1.165) is 10.5 Å². The molecule has 0 N–H and O–H groups in total. The molecule has 0 aliphatic rings. The fourth-order valence-electron chi connectivity index (χ4n) is 1.50. The van der Waals surface area contributed by atoms with Gasteiger partial charge in [-0.15, -0.1) is 11.6 Å². The first-order valence-corrected chi connectivity index (χ1v) is 5.47. The number of alkyl halides is 1. The average molecular weight is 195 g/mol. The second kappa shape index (κ2) is 4.48. The minimum atomic E-state index is -0.0895. The van der Waals surface area contributed by atoms with Crippen LogP contribution in [0.1, 0.15) is 27.7 Å². The molecule has 1 nitrogen and oxygen atoms in total. The highest BCUT2D eigenvalue weighted by molar-refractivity contribution is 6.18. The van der Waals surface area contributed by atoms with Crippen LogP contribution in [0.2, 0.25) is 0 Å². The third-order valence-electron chi connectivity index (χ3n) is 2.54. The summed E-state index contributed by atoms with van der Waals surface area (Å²) in [7, 11) is 0.767. The standard InChI is InChI=1S/C8H19ClOSi/c1-6(2)8(5-9,10-11)7(3)4/h6-7H,5H2,1-4,11H3. The van der Waals surface area contributed by atoms with Crippen molar-refractivity contribution in [3.8, 4) is 0 Å². The summed E-state index contributed by atoms with van der Waals surface area (Å²) in [6, 6.07) is 0. The number of rotatable bonds is 4. The summed E-state index contributed by atoms with van der Waals surface area (Å²) >= 11 is 5.91. The highest BCUT2D eigenvalue weighted by atomic mass is 35.5. The lowest BCUT2D eigenvalue weighted by Crippen LogP contribution is -2.45. The van der Waals surface area contributed by atoms with E-state index >= 15 is 0 Å². The molecule has 0 saturated heterocycles. The predicted molar refractivity (Wildman–Crippen MR) is 54.2 cm³/mol. The number of halogens is 1. The van der Waals surface area contributed by atoms with E-state index in [0.29, 0.717) is 17.7 Å². The minimum Gasteiger partial charge on any atom is -0.421 e. The number of hydrogen-bond donors (Lipinski definition) is 0. The van der Waals surface area contributed by atoms with Crippen molar-refractivity contribution in [1.29, 1.82) is 0 Å². The van der Waals surface area contributed by atoms with Gasteiger partial charge < -0.3 is 4.43 Å². The Morgan fingerprint density at radius 3 is 1.64 bits per heavy atom. The van der Waals surface area contributed by atoms with Gasteiger partial charge in [0.1, 0.15) is 10.5 Å². The van der Waals surface area contributed by atoms with Gasteiger partial charge in [-0.05, 0) is 11.8 Å². The second-order valence-corrected chi connectivity index (χ2v) is 4.28. The van der Waals surface area contributed by atoms with Gasteiger partial charge >= 0.3 is 0 Å². The molecule has 0 saturated carbocycles. The Balaban J connectivity index is 4.46. The van der Waals surface area contributed by atoms with Crippen molar-refractivity contribution in [3.05, 3.63) is 0 Å². The quantitative estimate of drug-likeness (QED) is 0.488. The minimum absolute atomic E-state index is 0.0895. The van der Waals surface area contributed by atoms with Crippen molar-refractivity contribution >= 4 is 22.1 Å². The molecular weight excluding hydrogens is 176 g/mol. The molecule has 0 radical (unpaired) electrons. The molecule has 0 bridgehead atoms. The van der Waals surface area contributed by atoms with Crippen LogP contribution in [0.5, 0.6) is 0 Å². The van der Waals surface area contributed by atoms with E-state index in [1.807, 2.05) is 0 Å². The third kappa shape index (κ3) is 2.20. The van der Waals surface area contributed by atoms with Crippen molar-refractivity contribution < 1.29 is 4.43 Å². The molecule has 0 aromatic rings. The van der Waals surface area contributed by atoms with Crippen LogP contribution in [0.15, 0.2) is 0 Å². The van der Waals surface area contributed by atoms with Gasteiger partial charge in [0.2, 0.25) is 0 Å². The molecule has 0 unspecified atom stereocenters. The summed E-state index contributed by atoms with van der Waals surface area (Å²) in [5.41, 5.74) is -0.0895. The molecule has 3 heteroatoms. The van der Waals surface area contributed by atoms with Crippen molar-refractivity contribution in [1.82, 2.24) is 0 Å². The summed E-state index contributed by atoms with van der Waals surface area (Å²) < 4.78 is 5.62. The van der Waals surface area contributed by atoms with Gasteiger partial charge in [0.05, 0.1) is 11.5 Å². The molecular formula is C8H19ClOSi. The molecule has 0 heterocycles. The first-order valence-electron chi connectivity index (χ1n) is 4.12. The fraction of sp³-hybridized carbons (Fsp3) is 1.00. The maximum absolute atomic E-state index is 5.91. The smallest absolute Gasteiger partial charge is 0.146 e. The zero-order valence-electron chi connectivity index (χ0n) is 8.15. The fourth-order valence-corrected chi connectivity index (χ4v) is 3.50. The lowest BCUT2D eigenvalue weighted by atomic mass is 9.82. The first kappa shape index (κ1) is 11.5. The molecule has 0 aliphatic carbocycles.